The zero-order valence-electron chi connectivity index (χ0n) is 14.3. The Morgan fingerprint density at radius 1 is 1.35 bits per heavy atom. The minimum absolute atomic E-state index is 0.133. The third kappa shape index (κ3) is 2.63. The highest BCUT2D eigenvalue weighted by atomic mass is 16.5. The standard InChI is InChI=1S/C18H18N4O4/c1-2-26-17(25)18(5-6-18)14-4-3-7-21-10-13(20-15(14)21)11-22-9-12(8-19-22)16(23)24/h3-4,7-10H,2,5-6,11H2,1H3,(H,23,24). The number of nitrogens with zero attached hydrogens (tertiary/aromatic N) is 4. The van der Waals surface area contributed by atoms with Crippen LogP contribution in [-0.2, 0) is 21.5 Å². The van der Waals surface area contributed by atoms with E-state index in [1.165, 1.54) is 17.1 Å². The number of rotatable bonds is 6. The van der Waals surface area contributed by atoms with Gasteiger partial charge < -0.3 is 14.2 Å². The summed E-state index contributed by atoms with van der Waals surface area (Å²) < 4.78 is 8.67. The molecule has 1 aliphatic carbocycles. The summed E-state index contributed by atoms with van der Waals surface area (Å²) in [6.45, 7) is 2.51. The molecule has 0 unspecified atom stereocenters. The van der Waals surface area contributed by atoms with Crippen LogP contribution in [0.4, 0.5) is 0 Å². The van der Waals surface area contributed by atoms with Crippen molar-refractivity contribution in [1.29, 1.82) is 0 Å². The van der Waals surface area contributed by atoms with Crippen LogP contribution in [0, 0.1) is 0 Å². The van der Waals surface area contributed by atoms with Crippen LogP contribution in [0.25, 0.3) is 5.65 Å². The summed E-state index contributed by atoms with van der Waals surface area (Å²) in [4.78, 5) is 28.0. The first-order valence-electron chi connectivity index (χ1n) is 8.43. The van der Waals surface area contributed by atoms with Crippen molar-refractivity contribution in [1.82, 2.24) is 19.2 Å². The number of imidazole rings is 1. The summed E-state index contributed by atoms with van der Waals surface area (Å²) in [7, 11) is 0. The van der Waals surface area contributed by atoms with Crippen molar-refractivity contribution in [3.05, 3.63) is 53.7 Å². The maximum Gasteiger partial charge on any atom is 0.338 e. The molecule has 0 aliphatic heterocycles. The summed E-state index contributed by atoms with van der Waals surface area (Å²) in [5, 5.41) is 13.0. The monoisotopic (exact) mass is 354 g/mol. The molecule has 0 saturated heterocycles. The molecule has 0 bridgehead atoms. The lowest BCUT2D eigenvalue weighted by Gasteiger charge is -2.14. The second kappa shape index (κ2) is 5.98. The summed E-state index contributed by atoms with van der Waals surface area (Å²) in [5.74, 6) is -1.21. The number of aromatic carboxylic acids is 1. The third-order valence-corrected chi connectivity index (χ3v) is 4.67. The Bertz CT molecular complexity index is 1000. The predicted molar refractivity (Wildman–Crippen MR) is 91.0 cm³/mol. The number of carbonyl (C=O) groups is 2. The zero-order valence-corrected chi connectivity index (χ0v) is 14.3. The number of esters is 1. The summed E-state index contributed by atoms with van der Waals surface area (Å²) in [6.07, 6.45) is 8.03. The van der Waals surface area contributed by atoms with E-state index in [1.54, 1.807) is 6.92 Å². The van der Waals surface area contributed by atoms with Gasteiger partial charge >= 0.3 is 11.9 Å². The van der Waals surface area contributed by atoms with Crippen molar-refractivity contribution in [3.63, 3.8) is 0 Å². The lowest BCUT2D eigenvalue weighted by Crippen LogP contribution is -2.24. The van der Waals surface area contributed by atoms with Gasteiger partial charge in [-0.1, -0.05) is 6.07 Å². The van der Waals surface area contributed by atoms with Crippen LogP contribution in [0.5, 0.6) is 0 Å². The largest absolute Gasteiger partial charge is 0.478 e. The molecule has 0 atom stereocenters. The van der Waals surface area contributed by atoms with E-state index in [0.717, 1.165) is 29.7 Å². The first kappa shape index (κ1) is 16.3. The molecule has 1 aliphatic rings. The van der Waals surface area contributed by atoms with Crippen molar-refractivity contribution in [2.24, 2.45) is 0 Å². The van der Waals surface area contributed by atoms with Gasteiger partial charge in [-0.15, -0.1) is 0 Å². The molecule has 26 heavy (non-hydrogen) atoms. The molecule has 134 valence electrons. The van der Waals surface area contributed by atoms with E-state index in [-0.39, 0.29) is 11.5 Å². The van der Waals surface area contributed by atoms with Crippen molar-refractivity contribution in [2.45, 2.75) is 31.7 Å². The minimum atomic E-state index is -1.02. The van der Waals surface area contributed by atoms with Crippen LogP contribution < -0.4 is 0 Å². The van der Waals surface area contributed by atoms with Gasteiger partial charge in [0.2, 0.25) is 0 Å². The summed E-state index contributed by atoms with van der Waals surface area (Å²) in [6, 6.07) is 3.82. The highest BCUT2D eigenvalue weighted by molar-refractivity contribution is 5.89. The molecular formula is C18H18N4O4. The molecule has 4 rings (SSSR count). The first-order chi connectivity index (χ1) is 12.5. The van der Waals surface area contributed by atoms with Crippen molar-refractivity contribution >= 4 is 17.6 Å². The highest BCUT2D eigenvalue weighted by Gasteiger charge is 2.54. The Labute approximate surface area is 149 Å². The lowest BCUT2D eigenvalue weighted by molar-refractivity contribution is -0.146. The van der Waals surface area contributed by atoms with E-state index >= 15 is 0 Å². The Hall–Kier alpha value is -3.16. The number of ether oxygens (including phenoxy) is 1. The molecule has 8 nitrogen and oxygen atoms in total. The van der Waals surface area contributed by atoms with Crippen LogP contribution in [0.3, 0.4) is 0 Å². The number of hydrogen-bond acceptors (Lipinski definition) is 5. The van der Waals surface area contributed by atoms with Crippen LogP contribution >= 0.6 is 0 Å². The van der Waals surface area contributed by atoms with Crippen LogP contribution in [0.15, 0.2) is 36.9 Å². The fraction of sp³-hybridized carbons (Fsp3) is 0.333. The quantitative estimate of drug-likeness (QED) is 0.679. The van der Waals surface area contributed by atoms with Crippen molar-refractivity contribution < 1.29 is 19.4 Å². The fourth-order valence-electron chi connectivity index (χ4n) is 3.22. The second-order valence-corrected chi connectivity index (χ2v) is 6.42. The van der Waals surface area contributed by atoms with Crippen LogP contribution in [0.1, 0.15) is 41.4 Å². The third-order valence-electron chi connectivity index (χ3n) is 4.67. The number of aromatic nitrogens is 4. The smallest absolute Gasteiger partial charge is 0.338 e. The maximum absolute atomic E-state index is 12.4. The molecule has 0 radical (unpaired) electrons. The topological polar surface area (TPSA) is 98.7 Å². The fourth-order valence-corrected chi connectivity index (χ4v) is 3.22. The van der Waals surface area contributed by atoms with Gasteiger partial charge in [0.05, 0.1) is 36.0 Å². The van der Waals surface area contributed by atoms with Crippen molar-refractivity contribution in [3.8, 4) is 0 Å². The molecule has 1 fully saturated rings. The molecule has 8 heteroatoms. The van der Waals surface area contributed by atoms with Gasteiger partial charge in [-0.25, -0.2) is 9.78 Å². The SMILES string of the molecule is CCOC(=O)C1(c2cccn3cc(Cn4cc(C(=O)O)cn4)nc23)CC1. The van der Waals surface area contributed by atoms with E-state index in [1.807, 2.05) is 28.9 Å². The normalized spacial score (nSPS) is 15.1. The van der Waals surface area contributed by atoms with Gasteiger partial charge in [0, 0.05) is 24.2 Å². The summed E-state index contributed by atoms with van der Waals surface area (Å²) >= 11 is 0. The predicted octanol–water partition coefficient (Wildman–Crippen LogP) is 1.87. The molecule has 3 aromatic heterocycles. The number of carboxylic acid groups (broad SMARTS) is 1. The Kier molecular flexibility index (Phi) is 3.75. The number of pyridine rings is 1. The minimum Gasteiger partial charge on any atom is -0.478 e. The van der Waals surface area contributed by atoms with E-state index in [2.05, 4.69) is 10.1 Å². The maximum atomic E-state index is 12.4. The van der Waals surface area contributed by atoms with Gasteiger partial charge in [0.15, 0.2) is 0 Å². The molecule has 1 saturated carbocycles. The van der Waals surface area contributed by atoms with Gasteiger partial charge in [0.1, 0.15) is 5.65 Å². The summed E-state index contributed by atoms with van der Waals surface area (Å²) in [5.41, 5.74) is 1.87. The van der Waals surface area contributed by atoms with E-state index in [0.29, 0.717) is 13.2 Å². The Morgan fingerprint density at radius 3 is 2.81 bits per heavy atom. The van der Waals surface area contributed by atoms with Gasteiger partial charge in [0.25, 0.3) is 0 Å². The molecular weight excluding hydrogens is 336 g/mol. The van der Waals surface area contributed by atoms with Crippen molar-refractivity contribution in [2.75, 3.05) is 6.61 Å². The Balaban J connectivity index is 1.67. The van der Waals surface area contributed by atoms with E-state index in [4.69, 9.17) is 9.84 Å². The molecule has 3 heterocycles. The number of hydrogen-bond donors (Lipinski definition) is 1. The average molecular weight is 354 g/mol. The number of carboxylic acids is 1. The molecule has 1 N–H and O–H groups in total. The molecule has 0 aromatic carbocycles. The first-order valence-corrected chi connectivity index (χ1v) is 8.43. The molecule has 0 spiro atoms. The van der Waals surface area contributed by atoms with Gasteiger partial charge in [-0.2, -0.15) is 5.10 Å². The highest BCUT2D eigenvalue weighted by Crippen LogP contribution is 2.50. The van der Waals surface area contributed by atoms with Gasteiger partial charge in [-0.3, -0.25) is 9.48 Å². The van der Waals surface area contributed by atoms with E-state index in [9.17, 15) is 9.59 Å². The number of fused-ring (bicyclic) bond motifs is 1. The number of carbonyl (C=O) groups excluding carboxylic acids is 1. The Morgan fingerprint density at radius 2 is 2.15 bits per heavy atom. The zero-order chi connectivity index (χ0) is 18.3. The lowest BCUT2D eigenvalue weighted by atomic mass is 9.97. The van der Waals surface area contributed by atoms with E-state index < -0.39 is 11.4 Å². The molecule has 3 aromatic rings. The van der Waals surface area contributed by atoms with Crippen LogP contribution in [-0.4, -0.2) is 42.8 Å². The second-order valence-electron chi connectivity index (χ2n) is 6.42. The molecule has 0 amide bonds. The average Bonchev–Trinajstić information content (AvgIpc) is 3.10. The van der Waals surface area contributed by atoms with Crippen LogP contribution in [0.2, 0.25) is 0 Å². The van der Waals surface area contributed by atoms with Gasteiger partial charge in [-0.05, 0) is 25.8 Å².